The van der Waals surface area contributed by atoms with Crippen molar-refractivity contribution < 1.29 is 87.5 Å². The summed E-state index contributed by atoms with van der Waals surface area (Å²) in [6.07, 6.45) is 19.2. The van der Waals surface area contributed by atoms with Gasteiger partial charge in [0.1, 0.15) is 34.3 Å². The number of halogens is 6. The molecule has 3 aromatic carbocycles. The molecule has 38 heteroatoms. The lowest BCUT2D eigenvalue weighted by Gasteiger charge is -2.36. The number of carbonyl (C=O) groups excluding carboxylic acids is 6. The van der Waals surface area contributed by atoms with Crippen molar-refractivity contribution in [2.45, 2.75) is 246 Å². The van der Waals surface area contributed by atoms with Crippen LogP contribution in [0.15, 0.2) is 73.2 Å². The Kier molecular flexibility index (Phi) is 25.9. The first-order valence-electron chi connectivity index (χ1n) is 42.4. The first kappa shape index (κ1) is 86.5. The maximum Gasteiger partial charge on any atom is 0.475 e. The van der Waals surface area contributed by atoms with Gasteiger partial charge < -0.3 is 75.5 Å². The summed E-state index contributed by atoms with van der Waals surface area (Å²) < 4.78 is 145. The van der Waals surface area contributed by atoms with E-state index < -0.39 is 99.0 Å². The number of alkyl halides is 6. The molecule has 9 aliphatic rings. The molecule has 15 rings (SSSR count). The molecule has 0 spiro atoms. The molecule has 0 bridgehead atoms. The average molecular weight is 1720 g/mol. The summed E-state index contributed by atoms with van der Waals surface area (Å²) in [5.74, 6) is -14.6. The standard InChI is InChI=1S/C84H105F6N18O13P/c1-103-64-43-91-79(100-70(64)106(46-82(85,86)76(103)112)55-16-10-7-11-17-55)97-61-37-22-49(40-67(61)116-4)73(109)94-52-25-31-58(32-26-52)119-122(115,120-59-33-27-53(28-34-59)95-74(110)50-23-38-62(68(41-50)117-5)98-80-92-44-65-71(101-80)107(56-18-12-8-13-19-56)47-83(87,88)77(113)104(65)2)121-60-35-29-54(30-36-60)96-75(111)51-24-39-63(69(42-51)118-6)99-81-93-45-66-72(102-81)108(57-20-14-9-15-21-57)48-84(89,90)78(114)105(66)3/h22-24,37-45,52-60H,7-21,25-36,46-48H2,1-6H3,(H,94,109)(H,95,110)(H,96,111)(H,91,97,100)(H,92,98,101)(H,93,99,102). The molecular formula is C84H105F6N18O13P. The van der Waals surface area contributed by atoms with Crippen molar-refractivity contribution in [3.05, 3.63) is 89.9 Å². The second kappa shape index (κ2) is 36.6. The second-order valence-corrected chi connectivity index (χ2v) is 34.9. The van der Waals surface area contributed by atoms with Gasteiger partial charge in [-0.1, -0.05) is 57.8 Å². The fourth-order valence-electron chi connectivity index (χ4n) is 18.4. The van der Waals surface area contributed by atoms with E-state index in [9.17, 15) is 28.8 Å². The zero-order chi connectivity index (χ0) is 85.9. The van der Waals surface area contributed by atoms with E-state index in [1.165, 1.54) is 75.8 Å². The van der Waals surface area contributed by atoms with Crippen LogP contribution < -0.4 is 75.5 Å². The number of anilines is 12. The average Bonchev–Trinajstić information content (AvgIpc) is 1.63. The minimum Gasteiger partial charge on any atom is -0.495 e. The maximum absolute atomic E-state index is 15.5. The summed E-state index contributed by atoms with van der Waals surface area (Å²) >= 11 is 0. The number of hydrogen-bond acceptors (Lipinski definition) is 25. The molecule has 6 amide bonds. The summed E-state index contributed by atoms with van der Waals surface area (Å²) in [5.41, 5.74) is 2.46. The third-order valence-electron chi connectivity index (χ3n) is 25.1. The highest BCUT2D eigenvalue weighted by molar-refractivity contribution is 7.48. The van der Waals surface area contributed by atoms with Gasteiger partial charge in [-0.05, 0) is 170 Å². The molecule has 656 valence electrons. The fourth-order valence-corrected chi connectivity index (χ4v) is 20.3. The van der Waals surface area contributed by atoms with Gasteiger partial charge in [0.25, 0.3) is 35.4 Å². The monoisotopic (exact) mass is 1720 g/mol. The number of rotatable bonds is 24. The zero-order valence-electron chi connectivity index (χ0n) is 69.2. The van der Waals surface area contributed by atoms with Gasteiger partial charge in [-0.25, -0.2) is 19.5 Å². The Morgan fingerprint density at radius 3 is 0.885 bits per heavy atom. The van der Waals surface area contributed by atoms with Crippen LogP contribution in [-0.2, 0) is 32.5 Å². The Morgan fingerprint density at radius 2 is 0.639 bits per heavy atom. The van der Waals surface area contributed by atoms with Crippen molar-refractivity contribution in [2.24, 2.45) is 0 Å². The number of ether oxygens (including phenoxy) is 3. The number of phosphoric ester groups is 1. The molecule has 0 atom stereocenters. The Balaban J connectivity index is 0.586. The van der Waals surface area contributed by atoms with Gasteiger partial charge in [0.15, 0.2) is 17.5 Å². The first-order chi connectivity index (χ1) is 58.5. The zero-order valence-corrected chi connectivity index (χ0v) is 70.1. The minimum absolute atomic E-state index is 0.0640. The van der Waals surface area contributed by atoms with E-state index in [1.807, 2.05) is 0 Å². The molecular weight excluding hydrogens is 1610 g/mol. The Bertz CT molecular complexity index is 4430. The number of nitrogens with one attached hydrogen (secondary N) is 6. The van der Waals surface area contributed by atoms with E-state index in [2.05, 4.69) is 46.9 Å². The molecule has 6 aliphatic carbocycles. The quantitative estimate of drug-likeness (QED) is 0.0242. The van der Waals surface area contributed by atoms with Gasteiger partial charge in [-0.2, -0.15) is 41.3 Å². The number of amides is 6. The van der Waals surface area contributed by atoms with Gasteiger partial charge in [0.05, 0.1) is 94.9 Å². The summed E-state index contributed by atoms with van der Waals surface area (Å²) in [4.78, 5) is 116. The number of hydrogen-bond donors (Lipinski definition) is 6. The lowest BCUT2D eigenvalue weighted by Crippen LogP contribution is -2.49. The van der Waals surface area contributed by atoms with Crippen LogP contribution in [0.25, 0.3) is 0 Å². The van der Waals surface area contributed by atoms with Crippen LogP contribution >= 0.6 is 7.82 Å². The van der Waals surface area contributed by atoms with E-state index in [0.29, 0.717) is 133 Å². The number of methoxy groups -OCH3 is 3. The third-order valence-corrected chi connectivity index (χ3v) is 26.8. The number of nitrogens with zero attached hydrogens (tertiary/aromatic N) is 12. The first-order valence-corrected chi connectivity index (χ1v) is 43.8. The van der Waals surface area contributed by atoms with E-state index in [4.69, 9.17) is 42.7 Å². The molecule has 31 nitrogen and oxygen atoms in total. The van der Waals surface area contributed by atoms with Gasteiger partial charge in [-0.3, -0.25) is 42.3 Å². The van der Waals surface area contributed by atoms with Crippen molar-refractivity contribution in [1.82, 2.24) is 45.9 Å². The summed E-state index contributed by atoms with van der Waals surface area (Å²) in [5, 5.41) is 18.8. The number of aromatic nitrogens is 6. The number of fused-ring (bicyclic) bond motifs is 3. The van der Waals surface area contributed by atoms with Crippen LogP contribution in [0.4, 0.5) is 95.8 Å². The molecule has 0 saturated heterocycles. The molecule has 3 aliphatic heterocycles. The van der Waals surface area contributed by atoms with Gasteiger partial charge in [0.2, 0.25) is 17.8 Å². The fraction of sp³-hybridized carbons (Fsp3) is 0.571. The number of phosphoric acid groups is 1. The van der Waals surface area contributed by atoms with Crippen LogP contribution in [0.5, 0.6) is 17.2 Å². The molecule has 6 aromatic rings. The topological polar surface area (TPSA) is 344 Å². The highest BCUT2D eigenvalue weighted by Crippen LogP contribution is 2.57. The van der Waals surface area contributed by atoms with Crippen LogP contribution in [0.3, 0.4) is 0 Å². The SMILES string of the molecule is COc1cc(C(=O)NC2CCC(OP(=O)(OC3CCC(NC(=O)c4ccc(Nc5ncc6c(n5)N(C5CCCCC5)CC(F)(F)C(=O)N6C)c(OC)c4)CC3)OC3CCC(NC(=O)c4ccc(Nc5ncc6c(n5)N(C5CCCCC5)CC(F)(F)C(=O)N6C)c(OC)c4)CC3)CC2)ccc1Nc1ncc2c(n1)N(C1CCCCC1)CC(F)(F)C(=O)N2C. The lowest BCUT2D eigenvalue weighted by molar-refractivity contribution is -0.141. The van der Waals surface area contributed by atoms with Gasteiger partial charge in [-0.15, -0.1) is 0 Å². The second-order valence-electron chi connectivity index (χ2n) is 33.4. The summed E-state index contributed by atoms with van der Waals surface area (Å²) in [7, 11) is 3.77. The Morgan fingerprint density at radius 1 is 0.385 bits per heavy atom. The smallest absolute Gasteiger partial charge is 0.475 e. The number of benzene rings is 3. The van der Waals surface area contributed by atoms with Crippen molar-refractivity contribution in [1.29, 1.82) is 0 Å². The summed E-state index contributed by atoms with van der Waals surface area (Å²) in [6.45, 7) is -2.47. The molecule has 6 N–H and O–H groups in total. The van der Waals surface area contributed by atoms with Crippen LogP contribution in [-0.4, -0.2) is 200 Å². The van der Waals surface area contributed by atoms with Crippen molar-refractivity contribution >= 4 is 113 Å². The van der Waals surface area contributed by atoms with Crippen molar-refractivity contribution in [2.75, 3.05) is 107 Å². The predicted molar refractivity (Wildman–Crippen MR) is 444 cm³/mol. The minimum atomic E-state index is -4.41. The number of carbonyl (C=O) groups is 6. The third kappa shape index (κ3) is 19.2. The van der Waals surface area contributed by atoms with E-state index in [1.54, 1.807) is 54.6 Å². The van der Waals surface area contributed by atoms with Gasteiger partial charge in [0, 0.05) is 74.1 Å². The van der Waals surface area contributed by atoms with Gasteiger partial charge >= 0.3 is 25.6 Å². The lowest BCUT2D eigenvalue weighted by atomic mass is 9.93. The summed E-state index contributed by atoms with van der Waals surface area (Å²) in [6, 6.07) is 12.6. The van der Waals surface area contributed by atoms with E-state index in [0.717, 1.165) is 72.5 Å². The van der Waals surface area contributed by atoms with E-state index in [-0.39, 0.29) is 123 Å². The molecule has 6 heterocycles. The highest BCUT2D eigenvalue weighted by atomic mass is 31.2. The molecule has 122 heavy (non-hydrogen) atoms. The molecule has 6 fully saturated rings. The van der Waals surface area contributed by atoms with Crippen LogP contribution in [0.2, 0.25) is 0 Å². The molecule has 6 saturated carbocycles. The molecule has 3 aromatic heterocycles. The molecule has 0 radical (unpaired) electrons. The molecule has 0 unspecified atom stereocenters. The maximum atomic E-state index is 15.5. The predicted octanol–water partition coefficient (Wildman–Crippen LogP) is 14.2. The van der Waals surface area contributed by atoms with Crippen LogP contribution in [0.1, 0.15) is 204 Å². The highest BCUT2D eigenvalue weighted by Gasteiger charge is 2.53. The van der Waals surface area contributed by atoms with Crippen LogP contribution in [0, 0.1) is 0 Å². The van der Waals surface area contributed by atoms with Crippen molar-refractivity contribution in [3.8, 4) is 17.2 Å². The largest absolute Gasteiger partial charge is 0.495 e. The Labute approximate surface area is 703 Å². The normalized spacial score (nSPS) is 23.9. The van der Waals surface area contributed by atoms with Crippen molar-refractivity contribution in [3.63, 3.8) is 0 Å². The van der Waals surface area contributed by atoms with E-state index >= 15 is 30.9 Å². The Hall–Kier alpha value is -10.4.